The maximum Gasteiger partial charge on any atom is 0.254 e. The maximum atomic E-state index is 11.8. The van der Waals surface area contributed by atoms with Crippen LogP contribution in [0.4, 0.5) is 5.82 Å². The molecule has 0 N–H and O–H groups in total. The molecule has 0 radical (unpaired) electrons. The van der Waals surface area contributed by atoms with E-state index >= 15 is 0 Å². The van der Waals surface area contributed by atoms with Crippen LogP contribution in [-0.2, 0) is 4.79 Å². The summed E-state index contributed by atoms with van der Waals surface area (Å²) < 4.78 is 1.77. The first-order valence-electron chi connectivity index (χ1n) is 7.39. The molecule has 0 aromatic carbocycles. The Morgan fingerprint density at radius 3 is 2.68 bits per heavy atom. The molecule has 0 aliphatic carbocycles. The highest BCUT2D eigenvalue weighted by Crippen LogP contribution is 2.17. The van der Waals surface area contributed by atoms with Crippen LogP contribution in [0.5, 0.6) is 0 Å². The monoisotopic (exact) mass is 303 g/mol. The number of anilines is 1. The molecule has 0 bridgehead atoms. The highest BCUT2D eigenvalue weighted by Gasteiger charge is 2.22. The second-order valence-corrected chi connectivity index (χ2v) is 5.78. The van der Waals surface area contributed by atoms with E-state index in [2.05, 4.69) is 24.9 Å². The molecule has 2 aromatic rings. The van der Waals surface area contributed by atoms with Crippen molar-refractivity contribution in [2.45, 2.75) is 6.92 Å². The van der Waals surface area contributed by atoms with E-state index in [0.29, 0.717) is 12.3 Å². The standard InChI is InChI=1S/C14H21N7O/c1-11-8-12(21-14(17-11)15-10-16-21)20-6-4-19(5-7-20)9-13(22)18(2)3/h8,10H,4-7,9H2,1-3H3. The summed E-state index contributed by atoms with van der Waals surface area (Å²) in [5, 5.41) is 4.25. The van der Waals surface area contributed by atoms with E-state index in [1.54, 1.807) is 23.5 Å². The molecular weight excluding hydrogens is 282 g/mol. The molecule has 1 aliphatic heterocycles. The normalized spacial score (nSPS) is 16.2. The predicted molar refractivity (Wildman–Crippen MR) is 82.9 cm³/mol. The molecule has 1 saturated heterocycles. The molecule has 22 heavy (non-hydrogen) atoms. The van der Waals surface area contributed by atoms with Crippen molar-refractivity contribution in [2.24, 2.45) is 0 Å². The van der Waals surface area contributed by atoms with Gasteiger partial charge in [0.05, 0.1) is 6.54 Å². The number of likely N-dealkylation sites (N-methyl/N-ethyl adjacent to an activating group) is 1. The van der Waals surface area contributed by atoms with Crippen LogP contribution in [0.3, 0.4) is 0 Å². The van der Waals surface area contributed by atoms with Crippen LogP contribution in [0.1, 0.15) is 5.69 Å². The van der Waals surface area contributed by atoms with Crippen molar-refractivity contribution in [1.82, 2.24) is 29.4 Å². The Morgan fingerprint density at radius 2 is 2.00 bits per heavy atom. The number of piperazine rings is 1. The minimum atomic E-state index is 0.145. The summed E-state index contributed by atoms with van der Waals surface area (Å²) >= 11 is 0. The van der Waals surface area contributed by atoms with Crippen molar-refractivity contribution < 1.29 is 4.79 Å². The molecule has 0 saturated carbocycles. The van der Waals surface area contributed by atoms with Crippen molar-refractivity contribution in [1.29, 1.82) is 0 Å². The summed E-state index contributed by atoms with van der Waals surface area (Å²) in [6, 6.07) is 2.03. The maximum absolute atomic E-state index is 11.8. The number of carbonyl (C=O) groups excluding carboxylic acids is 1. The van der Waals surface area contributed by atoms with Crippen LogP contribution < -0.4 is 4.90 Å². The summed E-state index contributed by atoms with van der Waals surface area (Å²) in [4.78, 5) is 26.4. The molecule has 3 heterocycles. The number of fused-ring (bicyclic) bond motifs is 1. The molecule has 0 spiro atoms. The average Bonchev–Trinajstić information content (AvgIpc) is 2.95. The lowest BCUT2D eigenvalue weighted by Crippen LogP contribution is -2.49. The van der Waals surface area contributed by atoms with Crippen molar-refractivity contribution in [3.05, 3.63) is 18.1 Å². The van der Waals surface area contributed by atoms with Gasteiger partial charge in [-0.3, -0.25) is 9.69 Å². The van der Waals surface area contributed by atoms with Gasteiger partial charge >= 0.3 is 0 Å². The Kier molecular flexibility index (Phi) is 3.93. The van der Waals surface area contributed by atoms with Gasteiger partial charge in [0.2, 0.25) is 5.91 Å². The Labute approximate surface area is 129 Å². The number of hydrogen-bond donors (Lipinski definition) is 0. The molecule has 8 nitrogen and oxygen atoms in total. The summed E-state index contributed by atoms with van der Waals surface area (Å²) in [6.07, 6.45) is 1.53. The fourth-order valence-electron chi connectivity index (χ4n) is 2.60. The molecule has 1 aliphatic rings. The van der Waals surface area contributed by atoms with Crippen LogP contribution in [0.2, 0.25) is 0 Å². The third-order valence-electron chi connectivity index (χ3n) is 3.92. The van der Waals surface area contributed by atoms with Gasteiger partial charge in [0.25, 0.3) is 5.78 Å². The van der Waals surface area contributed by atoms with Crippen LogP contribution in [0.15, 0.2) is 12.4 Å². The SMILES string of the molecule is Cc1cc(N2CCN(CC(=O)N(C)C)CC2)n2ncnc2n1. The average molecular weight is 303 g/mol. The zero-order valence-electron chi connectivity index (χ0n) is 13.2. The van der Waals surface area contributed by atoms with E-state index in [9.17, 15) is 4.79 Å². The van der Waals surface area contributed by atoms with Gasteiger partial charge in [-0.25, -0.2) is 4.98 Å². The lowest BCUT2D eigenvalue weighted by atomic mass is 10.3. The fraction of sp³-hybridized carbons (Fsp3) is 0.571. The van der Waals surface area contributed by atoms with Gasteiger partial charge < -0.3 is 9.80 Å². The summed E-state index contributed by atoms with van der Waals surface area (Å²) in [7, 11) is 3.58. The van der Waals surface area contributed by atoms with Crippen molar-refractivity contribution in [3.63, 3.8) is 0 Å². The van der Waals surface area contributed by atoms with E-state index in [4.69, 9.17) is 0 Å². The smallest absolute Gasteiger partial charge is 0.254 e. The van der Waals surface area contributed by atoms with Crippen molar-refractivity contribution in [2.75, 3.05) is 51.7 Å². The number of hydrogen-bond acceptors (Lipinski definition) is 6. The third kappa shape index (κ3) is 2.87. The summed E-state index contributed by atoms with van der Waals surface area (Å²) in [6.45, 7) is 5.88. The van der Waals surface area contributed by atoms with Crippen LogP contribution in [0, 0.1) is 6.92 Å². The van der Waals surface area contributed by atoms with Gasteiger partial charge in [0.15, 0.2) is 0 Å². The molecule has 118 valence electrons. The first-order chi connectivity index (χ1) is 10.5. The molecule has 3 rings (SSSR count). The van der Waals surface area contributed by atoms with Crippen LogP contribution in [-0.4, -0.2) is 82.1 Å². The Hall–Kier alpha value is -2.22. The van der Waals surface area contributed by atoms with Gasteiger partial charge in [0, 0.05) is 52.0 Å². The molecule has 8 heteroatoms. The van der Waals surface area contributed by atoms with Gasteiger partial charge in [-0.1, -0.05) is 0 Å². The molecule has 0 atom stereocenters. The topological polar surface area (TPSA) is 69.9 Å². The summed E-state index contributed by atoms with van der Waals surface area (Å²) in [5.74, 6) is 1.78. The summed E-state index contributed by atoms with van der Waals surface area (Å²) in [5.41, 5.74) is 0.931. The largest absolute Gasteiger partial charge is 0.354 e. The number of rotatable bonds is 3. The number of nitrogens with zero attached hydrogens (tertiary/aromatic N) is 7. The second-order valence-electron chi connectivity index (χ2n) is 5.78. The zero-order valence-corrected chi connectivity index (χ0v) is 13.2. The zero-order chi connectivity index (χ0) is 15.7. The number of amides is 1. The minimum Gasteiger partial charge on any atom is -0.354 e. The van der Waals surface area contributed by atoms with E-state index in [-0.39, 0.29) is 5.91 Å². The number of aromatic nitrogens is 4. The van der Waals surface area contributed by atoms with Gasteiger partial charge in [-0.05, 0) is 6.92 Å². The Balaban J connectivity index is 1.70. The van der Waals surface area contributed by atoms with Gasteiger partial charge in [-0.2, -0.15) is 14.6 Å². The van der Waals surface area contributed by atoms with Gasteiger partial charge in [-0.15, -0.1) is 0 Å². The molecule has 2 aromatic heterocycles. The number of aryl methyl sites for hydroxylation is 1. The Morgan fingerprint density at radius 1 is 1.27 bits per heavy atom. The second kappa shape index (κ2) is 5.88. The van der Waals surface area contributed by atoms with Crippen LogP contribution >= 0.6 is 0 Å². The lowest BCUT2D eigenvalue weighted by Gasteiger charge is -2.35. The number of carbonyl (C=O) groups is 1. The van der Waals surface area contributed by atoms with E-state index in [0.717, 1.165) is 37.7 Å². The first-order valence-corrected chi connectivity index (χ1v) is 7.39. The highest BCUT2D eigenvalue weighted by molar-refractivity contribution is 5.77. The first kappa shape index (κ1) is 14.7. The minimum absolute atomic E-state index is 0.145. The lowest BCUT2D eigenvalue weighted by molar-refractivity contribution is -0.129. The van der Waals surface area contributed by atoms with Gasteiger partial charge in [0.1, 0.15) is 12.1 Å². The van der Waals surface area contributed by atoms with Crippen molar-refractivity contribution >= 4 is 17.5 Å². The third-order valence-corrected chi connectivity index (χ3v) is 3.92. The molecular formula is C14H21N7O. The van der Waals surface area contributed by atoms with E-state index in [1.165, 1.54) is 6.33 Å². The van der Waals surface area contributed by atoms with Crippen molar-refractivity contribution in [3.8, 4) is 0 Å². The highest BCUT2D eigenvalue weighted by atomic mass is 16.2. The van der Waals surface area contributed by atoms with Crippen LogP contribution in [0.25, 0.3) is 5.78 Å². The van der Waals surface area contributed by atoms with E-state index in [1.807, 2.05) is 13.0 Å². The predicted octanol–water partition coefficient (Wildman–Crippen LogP) is -0.357. The molecule has 1 amide bonds. The van der Waals surface area contributed by atoms with E-state index < -0.39 is 0 Å². The molecule has 0 unspecified atom stereocenters. The fourth-order valence-corrected chi connectivity index (χ4v) is 2.60. The quantitative estimate of drug-likeness (QED) is 0.771. The Bertz CT molecular complexity index is 673. The molecule has 1 fully saturated rings.